The second-order valence-electron chi connectivity index (χ2n) is 26.3. The number of allylic oxidation sites excluding steroid dienone is 2. The van der Waals surface area contributed by atoms with Crippen LogP contribution in [0.3, 0.4) is 0 Å². The van der Waals surface area contributed by atoms with Crippen molar-refractivity contribution in [3.8, 4) is 0 Å². The highest BCUT2D eigenvalue weighted by Crippen LogP contribution is 2.20. The van der Waals surface area contributed by atoms with E-state index < -0.39 is 6.10 Å². The third kappa shape index (κ3) is 70.8. The summed E-state index contributed by atoms with van der Waals surface area (Å²) in [6.07, 6.45) is 88.5. The first-order chi connectivity index (χ1) is 41.0. The SMILES string of the molecule is CCCCC/C=C\CCCCCCCC(=O)OCC(COC(=O)CCCCCCCCCCCCCCCCCCCCCCCCCCCCC)OC(=O)CCCCCCCCCCCCCCCCCCCCCCCCCCCC. The van der Waals surface area contributed by atoms with Gasteiger partial charge in [0.1, 0.15) is 13.2 Å². The topological polar surface area (TPSA) is 78.9 Å². The lowest BCUT2D eigenvalue weighted by Gasteiger charge is -2.18. The number of hydrogen-bond acceptors (Lipinski definition) is 6. The Morgan fingerprint density at radius 3 is 0.627 bits per heavy atom. The molecule has 0 rings (SSSR count). The fourth-order valence-corrected chi connectivity index (χ4v) is 12.0. The Labute approximate surface area is 520 Å². The first-order valence-corrected chi connectivity index (χ1v) is 38.2. The molecule has 6 nitrogen and oxygen atoms in total. The second kappa shape index (κ2) is 72.6. The van der Waals surface area contributed by atoms with Crippen LogP contribution in [0.25, 0.3) is 0 Å². The molecule has 0 N–H and O–H groups in total. The predicted octanol–water partition coefficient (Wildman–Crippen LogP) is 26.3. The Bertz CT molecular complexity index is 1300. The van der Waals surface area contributed by atoms with Gasteiger partial charge in [-0.05, 0) is 44.9 Å². The zero-order valence-electron chi connectivity index (χ0n) is 56.8. The van der Waals surface area contributed by atoms with Gasteiger partial charge in [0.25, 0.3) is 0 Å². The highest BCUT2D eigenvalue weighted by Gasteiger charge is 2.20. The van der Waals surface area contributed by atoms with E-state index in [0.29, 0.717) is 19.3 Å². The zero-order valence-corrected chi connectivity index (χ0v) is 56.8. The number of hydrogen-bond donors (Lipinski definition) is 0. The molecule has 0 aromatic carbocycles. The Morgan fingerprint density at radius 1 is 0.229 bits per heavy atom. The molecule has 0 heterocycles. The maximum Gasteiger partial charge on any atom is 0.306 e. The summed E-state index contributed by atoms with van der Waals surface area (Å²) in [4.78, 5) is 38.5. The lowest BCUT2D eigenvalue weighted by atomic mass is 10.0. The molecule has 0 bridgehead atoms. The fourth-order valence-electron chi connectivity index (χ4n) is 12.0. The molecule has 0 saturated carbocycles. The number of carbonyl (C=O) groups is 3. The van der Waals surface area contributed by atoms with Gasteiger partial charge in [-0.1, -0.05) is 392 Å². The van der Waals surface area contributed by atoms with Gasteiger partial charge >= 0.3 is 17.9 Å². The molecule has 492 valence electrons. The van der Waals surface area contributed by atoms with Crippen LogP contribution in [0.4, 0.5) is 0 Å². The minimum atomic E-state index is -0.770. The standard InChI is InChI=1S/C77H148O6/c1-4-7-10-13-16-19-22-25-27-29-31-33-35-37-39-41-42-44-46-48-50-52-55-58-61-64-67-70-76(79)82-73-74(72-81-75(78)69-66-63-60-57-54-24-21-18-15-12-9-6-3)83-77(80)71-68-65-62-59-56-53-51-49-47-45-43-40-38-36-34-32-30-28-26-23-20-17-14-11-8-5-2/h18,21,74H,4-17,19-20,22-73H2,1-3H3/b21-18-. The van der Waals surface area contributed by atoms with Crippen molar-refractivity contribution in [2.75, 3.05) is 13.2 Å². The van der Waals surface area contributed by atoms with Gasteiger partial charge in [0.15, 0.2) is 6.10 Å². The van der Waals surface area contributed by atoms with Crippen molar-refractivity contribution in [2.24, 2.45) is 0 Å². The highest BCUT2D eigenvalue weighted by molar-refractivity contribution is 5.71. The summed E-state index contributed by atoms with van der Waals surface area (Å²) in [6, 6.07) is 0. The first-order valence-electron chi connectivity index (χ1n) is 38.2. The maximum absolute atomic E-state index is 13.0. The minimum absolute atomic E-state index is 0.0656. The van der Waals surface area contributed by atoms with Crippen LogP contribution in [0.2, 0.25) is 0 Å². The molecule has 0 aliphatic carbocycles. The minimum Gasteiger partial charge on any atom is -0.462 e. The summed E-state index contributed by atoms with van der Waals surface area (Å²) in [7, 11) is 0. The number of rotatable bonds is 72. The molecule has 0 aliphatic heterocycles. The number of ether oxygens (including phenoxy) is 3. The zero-order chi connectivity index (χ0) is 59.9. The van der Waals surface area contributed by atoms with Crippen molar-refractivity contribution in [1.29, 1.82) is 0 Å². The monoisotopic (exact) mass is 1170 g/mol. The van der Waals surface area contributed by atoms with Crippen molar-refractivity contribution in [2.45, 2.75) is 451 Å². The van der Waals surface area contributed by atoms with Crippen LogP contribution >= 0.6 is 0 Å². The molecule has 0 amide bonds. The van der Waals surface area contributed by atoms with Crippen LogP contribution in [0, 0.1) is 0 Å². The van der Waals surface area contributed by atoms with E-state index in [-0.39, 0.29) is 31.1 Å². The van der Waals surface area contributed by atoms with E-state index in [4.69, 9.17) is 14.2 Å². The Balaban J connectivity index is 4.13. The molecule has 83 heavy (non-hydrogen) atoms. The number of unbranched alkanes of at least 4 members (excludes halogenated alkanes) is 59. The van der Waals surface area contributed by atoms with Gasteiger partial charge in [-0.2, -0.15) is 0 Å². The Hall–Kier alpha value is -1.85. The lowest BCUT2D eigenvalue weighted by Crippen LogP contribution is -2.30. The van der Waals surface area contributed by atoms with E-state index in [2.05, 4.69) is 32.9 Å². The van der Waals surface area contributed by atoms with Crippen LogP contribution < -0.4 is 0 Å². The van der Waals surface area contributed by atoms with Crippen molar-refractivity contribution >= 4 is 17.9 Å². The molecule has 1 atom stereocenters. The summed E-state index contributed by atoms with van der Waals surface area (Å²) in [6.45, 7) is 6.71. The summed E-state index contributed by atoms with van der Waals surface area (Å²) in [5.74, 6) is -0.837. The van der Waals surface area contributed by atoms with Crippen LogP contribution in [0.1, 0.15) is 445 Å². The van der Waals surface area contributed by atoms with Crippen LogP contribution in [0.15, 0.2) is 12.2 Å². The molecule has 0 aliphatic rings. The largest absolute Gasteiger partial charge is 0.462 e. The third-order valence-electron chi connectivity index (χ3n) is 17.8. The molecule has 0 spiro atoms. The average Bonchev–Trinajstić information content (AvgIpc) is 3.49. The van der Waals surface area contributed by atoms with Gasteiger partial charge in [0, 0.05) is 19.3 Å². The smallest absolute Gasteiger partial charge is 0.306 e. The molecule has 6 heteroatoms. The average molecular weight is 1170 g/mol. The Kier molecular flexibility index (Phi) is 71.0. The second-order valence-corrected chi connectivity index (χ2v) is 26.3. The van der Waals surface area contributed by atoms with Crippen LogP contribution in [-0.2, 0) is 28.6 Å². The maximum atomic E-state index is 13.0. The number of esters is 3. The Morgan fingerprint density at radius 2 is 0.398 bits per heavy atom. The van der Waals surface area contributed by atoms with E-state index in [0.717, 1.165) is 64.2 Å². The van der Waals surface area contributed by atoms with Gasteiger partial charge in [-0.25, -0.2) is 0 Å². The number of carbonyl (C=O) groups excluding carboxylic acids is 3. The van der Waals surface area contributed by atoms with Crippen molar-refractivity contribution in [1.82, 2.24) is 0 Å². The molecule has 0 fully saturated rings. The normalized spacial score (nSPS) is 12.0. The molecular formula is C77H148O6. The lowest BCUT2D eigenvalue weighted by molar-refractivity contribution is -0.167. The van der Waals surface area contributed by atoms with Crippen molar-refractivity contribution in [3.05, 3.63) is 12.2 Å². The third-order valence-corrected chi connectivity index (χ3v) is 17.8. The molecule has 0 aromatic rings. The van der Waals surface area contributed by atoms with E-state index in [9.17, 15) is 14.4 Å². The summed E-state index contributed by atoms with van der Waals surface area (Å²) in [5.41, 5.74) is 0. The van der Waals surface area contributed by atoms with E-state index in [1.165, 1.54) is 340 Å². The molecule has 0 radical (unpaired) electrons. The molecular weight excluding hydrogens is 1020 g/mol. The molecule has 0 aromatic heterocycles. The fraction of sp³-hybridized carbons (Fsp3) is 0.935. The van der Waals surface area contributed by atoms with Crippen LogP contribution in [-0.4, -0.2) is 37.2 Å². The van der Waals surface area contributed by atoms with E-state index >= 15 is 0 Å². The summed E-state index contributed by atoms with van der Waals surface area (Å²) >= 11 is 0. The van der Waals surface area contributed by atoms with Gasteiger partial charge in [0.05, 0.1) is 0 Å². The van der Waals surface area contributed by atoms with Gasteiger partial charge < -0.3 is 14.2 Å². The van der Waals surface area contributed by atoms with Gasteiger partial charge in [0.2, 0.25) is 0 Å². The summed E-state index contributed by atoms with van der Waals surface area (Å²) < 4.78 is 17.0. The molecule has 0 saturated heterocycles. The van der Waals surface area contributed by atoms with Crippen LogP contribution in [0.5, 0.6) is 0 Å². The highest BCUT2D eigenvalue weighted by atomic mass is 16.6. The quantitative estimate of drug-likeness (QED) is 0.0261. The van der Waals surface area contributed by atoms with E-state index in [1.807, 2.05) is 0 Å². The van der Waals surface area contributed by atoms with Crippen molar-refractivity contribution < 1.29 is 28.6 Å². The van der Waals surface area contributed by atoms with E-state index in [1.54, 1.807) is 0 Å². The molecule has 1 unspecified atom stereocenters. The van der Waals surface area contributed by atoms with Gasteiger partial charge in [-0.3, -0.25) is 14.4 Å². The first kappa shape index (κ1) is 81.2. The predicted molar refractivity (Wildman–Crippen MR) is 363 cm³/mol. The summed E-state index contributed by atoms with van der Waals surface area (Å²) in [5, 5.41) is 0. The van der Waals surface area contributed by atoms with Crippen molar-refractivity contribution in [3.63, 3.8) is 0 Å². The van der Waals surface area contributed by atoms with Gasteiger partial charge in [-0.15, -0.1) is 0 Å².